The highest BCUT2D eigenvalue weighted by Crippen LogP contribution is 2.30. The van der Waals surface area contributed by atoms with Gasteiger partial charge in [-0.2, -0.15) is 4.37 Å². The largest absolute Gasteiger partial charge is 0.339 e. The van der Waals surface area contributed by atoms with Gasteiger partial charge in [-0.25, -0.2) is 16.8 Å². The van der Waals surface area contributed by atoms with Gasteiger partial charge in [-0.15, -0.1) is 0 Å². The van der Waals surface area contributed by atoms with Crippen molar-refractivity contribution in [3.8, 4) is 0 Å². The molecule has 0 radical (unpaired) electrons. The van der Waals surface area contributed by atoms with Gasteiger partial charge in [0.1, 0.15) is 0 Å². The Labute approximate surface area is 144 Å². The van der Waals surface area contributed by atoms with Crippen LogP contribution in [0.15, 0.2) is 52.3 Å². The Balaban J connectivity index is 2.14. The molecule has 0 amide bonds. The van der Waals surface area contributed by atoms with E-state index in [1.807, 2.05) is 24.3 Å². The Morgan fingerprint density at radius 1 is 0.917 bits per heavy atom. The fourth-order valence-electron chi connectivity index (χ4n) is 2.18. The van der Waals surface area contributed by atoms with Gasteiger partial charge in [-0.1, -0.05) is 12.1 Å². The molecule has 0 saturated heterocycles. The molecule has 0 spiro atoms. The molecule has 6 nitrogen and oxygen atoms in total. The highest BCUT2D eigenvalue weighted by Gasteiger charge is 2.16. The third-order valence-corrected chi connectivity index (χ3v) is 6.39. The monoisotopic (exact) mass is 382 g/mol. The van der Waals surface area contributed by atoms with Crippen LogP contribution in [0.4, 0.5) is 11.5 Å². The molecule has 0 bridgehead atoms. The van der Waals surface area contributed by atoms with Crippen LogP contribution in [0.5, 0.6) is 0 Å². The van der Waals surface area contributed by atoms with Crippen LogP contribution in [-0.4, -0.2) is 33.7 Å². The van der Waals surface area contributed by atoms with E-state index in [1.54, 1.807) is 0 Å². The fourth-order valence-corrected chi connectivity index (χ4v) is 4.36. The van der Waals surface area contributed by atoms with Crippen molar-refractivity contribution in [3.05, 3.63) is 42.5 Å². The lowest BCUT2D eigenvalue weighted by Crippen LogP contribution is -2.04. The minimum atomic E-state index is -3.55. The van der Waals surface area contributed by atoms with Gasteiger partial charge in [0.25, 0.3) is 0 Å². The number of rotatable bonds is 4. The van der Waals surface area contributed by atoms with Crippen LogP contribution in [0.3, 0.4) is 0 Å². The van der Waals surface area contributed by atoms with E-state index in [0.717, 1.165) is 28.7 Å². The van der Waals surface area contributed by atoms with E-state index < -0.39 is 19.7 Å². The molecule has 0 atom stereocenters. The summed E-state index contributed by atoms with van der Waals surface area (Å²) < 4.78 is 52.7. The Kier molecular flexibility index (Phi) is 4.10. The number of sulfone groups is 2. The molecule has 3 rings (SSSR count). The van der Waals surface area contributed by atoms with Crippen LogP contribution in [0, 0.1) is 0 Å². The summed E-state index contributed by atoms with van der Waals surface area (Å²) in [6.07, 6.45) is 2.08. The third kappa shape index (κ3) is 3.42. The molecule has 0 aliphatic rings. The van der Waals surface area contributed by atoms with E-state index in [2.05, 4.69) is 9.69 Å². The van der Waals surface area contributed by atoms with Crippen molar-refractivity contribution >= 4 is 52.8 Å². The zero-order valence-corrected chi connectivity index (χ0v) is 15.3. The van der Waals surface area contributed by atoms with Crippen LogP contribution in [-0.2, 0) is 19.7 Å². The van der Waals surface area contributed by atoms with Crippen LogP contribution in [0.25, 0.3) is 10.1 Å². The Morgan fingerprint density at radius 3 is 2.08 bits per heavy atom. The minimum Gasteiger partial charge on any atom is -0.339 e. The van der Waals surface area contributed by atoms with Gasteiger partial charge in [0.15, 0.2) is 25.5 Å². The van der Waals surface area contributed by atoms with Crippen molar-refractivity contribution in [2.45, 2.75) is 9.79 Å². The molecule has 0 saturated carbocycles. The average molecular weight is 382 g/mol. The predicted octanol–water partition coefficient (Wildman–Crippen LogP) is 2.85. The van der Waals surface area contributed by atoms with Gasteiger partial charge in [-0.05, 0) is 41.9 Å². The maximum absolute atomic E-state index is 11.8. The molecule has 1 N–H and O–H groups in total. The van der Waals surface area contributed by atoms with E-state index in [0.29, 0.717) is 11.5 Å². The van der Waals surface area contributed by atoms with Crippen molar-refractivity contribution in [2.75, 3.05) is 17.8 Å². The lowest BCUT2D eigenvalue weighted by atomic mass is 10.2. The maximum Gasteiger partial charge on any atom is 0.175 e. The predicted molar refractivity (Wildman–Crippen MR) is 95.6 cm³/mol. The molecule has 0 fully saturated rings. The number of aromatic nitrogens is 1. The average Bonchev–Trinajstić information content (AvgIpc) is 2.89. The summed E-state index contributed by atoms with van der Waals surface area (Å²) in [4.78, 5) is -0.125. The first-order valence-electron chi connectivity index (χ1n) is 6.81. The van der Waals surface area contributed by atoms with E-state index >= 15 is 0 Å². The van der Waals surface area contributed by atoms with Crippen LogP contribution in [0.1, 0.15) is 0 Å². The lowest BCUT2D eigenvalue weighted by Gasteiger charge is -2.09. The van der Waals surface area contributed by atoms with Crippen molar-refractivity contribution in [3.63, 3.8) is 0 Å². The summed E-state index contributed by atoms with van der Waals surface area (Å²) in [6, 6.07) is 11.5. The SMILES string of the molecule is CS(=O)(=O)c1cc(Nc2nsc3ccccc23)cc(S(C)(=O)=O)c1. The van der Waals surface area contributed by atoms with Crippen LogP contribution in [0.2, 0.25) is 0 Å². The van der Waals surface area contributed by atoms with Gasteiger partial charge in [0.2, 0.25) is 0 Å². The van der Waals surface area contributed by atoms with E-state index in [9.17, 15) is 16.8 Å². The molecule has 1 aromatic heterocycles. The summed E-state index contributed by atoms with van der Waals surface area (Å²) >= 11 is 1.30. The normalized spacial score (nSPS) is 12.4. The summed E-state index contributed by atoms with van der Waals surface area (Å²) in [5.41, 5.74) is 0.356. The second-order valence-electron chi connectivity index (χ2n) is 5.39. The van der Waals surface area contributed by atoms with Crippen LogP contribution < -0.4 is 5.32 Å². The fraction of sp³-hybridized carbons (Fsp3) is 0.133. The molecule has 9 heteroatoms. The zero-order valence-electron chi connectivity index (χ0n) is 12.8. The Bertz CT molecular complexity index is 1080. The lowest BCUT2D eigenvalue weighted by molar-refractivity contribution is 0.600. The number of benzene rings is 2. The van der Waals surface area contributed by atoms with Crippen molar-refractivity contribution in [1.82, 2.24) is 4.37 Å². The number of fused-ring (bicyclic) bond motifs is 1. The van der Waals surface area contributed by atoms with Gasteiger partial charge in [0.05, 0.1) is 14.5 Å². The molecule has 1 heterocycles. The standard InChI is InChI=1S/C15H14N2O4S3/c1-23(18,19)11-7-10(8-12(9-11)24(2,20)21)16-15-13-5-3-4-6-14(13)22-17-15/h3-9H,1-2H3,(H,16,17). The molecule has 2 aromatic carbocycles. The van der Waals surface area contributed by atoms with E-state index in [-0.39, 0.29) is 9.79 Å². The highest BCUT2D eigenvalue weighted by molar-refractivity contribution is 7.91. The highest BCUT2D eigenvalue weighted by atomic mass is 32.2. The number of hydrogen-bond acceptors (Lipinski definition) is 7. The third-order valence-electron chi connectivity index (χ3n) is 3.38. The zero-order chi connectivity index (χ0) is 17.5. The summed E-state index contributed by atoms with van der Waals surface area (Å²) in [5, 5.41) is 3.90. The van der Waals surface area contributed by atoms with E-state index in [1.165, 1.54) is 23.7 Å². The summed E-state index contributed by atoms with van der Waals surface area (Å²) in [6.45, 7) is 0. The topological polar surface area (TPSA) is 93.2 Å². The number of nitrogens with one attached hydrogen (secondary N) is 1. The number of anilines is 2. The molecule has 0 aliphatic heterocycles. The molecular weight excluding hydrogens is 368 g/mol. The van der Waals surface area contributed by atoms with Crippen molar-refractivity contribution in [1.29, 1.82) is 0 Å². The van der Waals surface area contributed by atoms with Gasteiger partial charge in [-0.3, -0.25) is 0 Å². The van der Waals surface area contributed by atoms with Gasteiger partial charge < -0.3 is 5.32 Å². The number of hydrogen-bond donors (Lipinski definition) is 1. The molecular formula is C15H14N2O4S3. The Hall–Kier alpha value is -1.97. The molecule has 126 valence electrons. The Morgan fingerprint density at radius 2 is 1.50 bits per heavy atom. The number of nitrogens with zero attached hydrogens (tertiary/aromatic N) is 1. The minimum absolute atomic E-state index is 0.0625. The van der Waals surface area contributed by atoms with Crippen molar-refractivity contribution < 1.29 is 16.8 Å². The first-order chi connectivity index (χ1) is 11.1. The molecule has 3 aromatic rings. The van der Waals surface area contributed by atoms with E-state index in [4.69, 9.17) is 0 Å². The van der Waals surface area contributed by atoms with Gasteiger partial charge >= 0.3 is 0 Å². The summed E-state index contributed by atoms with van der Waals surface area (Å²) in [7, 11) is -7.10. The second-order valence-corrected chi connectivity index (χ2v) is 10.2. The first-order valence-corrected chi connectivity index (χ1v) is 11.4. The first kappa shape index (κ1) is 16.9. The summed E-state index contributed by atoms with van der Waals surface area (Å²) in [5.74, 6) is 0.556. The quantitative estimate of drug-likeness (QED) is 0.746. The smallest absolute Gasteiger partial charge is 0.175 e. The van der Waals surface area contributed by atoms with Gasteiger partial charge in [0, 0.05) is 23.6 Å². The molecule has 0 unspecified atom stereocenters. The van der Waals surface area contributed by atoms with Crippen LogP contribution >= 0.6 is 11.5 Å². The molecule has 0 aliphatic carbocycles. The second kappa shape index (κ2) is 5.83. The molecule has 24 heavy (non-hydrogen) atoms. The maximum atomic E-state index is 11.8. The van der Waals surface area contributed by atoms with Crippen molar-refractivity contribution in [2.24, 2.45) is 0 Å².